The SMILES string of the molecule is Cc1cc(S(F)(F)(F)(F)F)cc2c1O[C@H](C(F)(F)F)C(C(=O)O)=C2. The number of carboxylic acid groups (broad SMARTS) is 1. The van der Waals surface area contributed by atoms with Crippen LogP contribution >= 0.6 is 10.2 Å². The van der Waals surface area contributed by atoms with E-state index in [-0.39, 0.29) is 18.2 Å². The van der Waals surface area contributed by atoms with Crippen LogP contribution in [0.2, 0.25) is 0 Å². The van der Waals surface area contributed by atoms with E-state index in [1.807, 2.05) is 0 Å². The van der Waals surface area contributed by atoms with Gasteiger partial charge in [0.2, 0.25) is 6.10 Å². The third kappa shape index (κ3) is 3.42. The Kier molecular flexibility index (Phi) is 3.33. The van der Waals surface area contributed by atoms with Gasteiger partial charge >= 0.3 is 22.4 Å². The molecule has 0 amide bonds. The fraction of sp³-hybridized carbons (Fsp3) is 0.250. The van der Waals surface area contributed by atoms with Crippen molar-refractivity contribution in [2.24, 2.45) is 0 Å². The highest BCUT2D eigenvalue weighted by atomic mass is 32.5. The molecule has 12 heteroatoms. The zero-order valence-corrected chi connectivity index (χ0v) is 12.3. The Labute approximate surface area is 129 Å². The van der Waals surface area contributed by atoms with E-state index in [1.165, 1.54) is 0 Å². The number of aliphatic carboxylic acids is 1. The summed E-state index contributed by atoms with van der Waals surface area (Å²) in [5.41, 5.74) is -2.87. The van der Waals surface area contributed by atoms with Gasteiger partial charge in [0.05, 0.1) is 5.57 Å². The first-order chi connectivity index (χ1) is 10.4. The number of alkyl halides is 3. The predicted octanol–water partition coefficient (Wildman–Crippen LogP) is 5.44. The van der Waals surface area contributed by atoms with Gasteiger partial charge in [0, 0.05) is 5.56 Å². The van der Waals surface area contributed by atoms with Gasteiger partial charge in [-0.25, -0.2) is 4.79 Å². The topological polar surface area (TPSA) is 46.5 Å². The lowest BCUT2D eigenvalue weighted by atomic mass is 9.99. The normalized spacial score (nSPS) is 21.0. The van der Waals surface area contributed by atoms with Crippen LogP contribution in [0.4, 0.5) is 32.6 Å². The van der Waals surface area contributed by atoms with E-state index < -0.39 is 55.8 Å². The second kappa shape index (κ2) is 4.35. The van der Waals surface area contributed by atoms with Crippen molar-refractivity contribution in [3.63, 3.8) is 0 Å². The highest BCUT2D eigenvalue weighted by Crippen LogP contribution is 3.02. The van der Waals surface area contributed by atoms with Crippen molar-refractivity contribution >= 4 is 22.3 Å². The lowest BCUT2D eigenvalue weighted by molar-refractivity contribution is -0.187. The van der Waals surface area contributed by atoms with Gasteiger partial charge in [-0.15, -0.1) is 0 Å². The van der Waals surface area contributed by atoms with Crippen LogP contribution < -0.4 is 4.74 Å². The Morgan fingerprint density at radius 2 is 1.71 bits per heavy atom. The molecule has 0 aromatic heterocycles. The van der Waals surface area contributed by atoms with E-state index in [1.54, 1.807) is 0 Å². The van der Waals surface area contributed by atoms with E-state index in [4.69, 9.17) is 5.11 Å². The third-order valence-electron chi connectivity index (χ3n) is 3.10. The number of hydrogen-bond acceptors (Lipinski definition) is 2. The molecule has 0 radical (unpaired) electrons. The molecule has 0 spiro atoms. The van der Waals surface area contributed by atoms with Crippen molar-refractivity contribution in [2.75, 3.05) is 0 Å². The molecule has 2 rings (SSSR count). The Hall–Kier alpha value is -1.98. The summed E-state index contributed by atoms with van der Waals surface area (Å²) in [6.07, 6.45) is -7.83. The maximum absolute atomic E-state index is 12.9. The number of halogens is 8. The molecule has 0 bridgehead atoms. The van der Waals surface area contributed by atoms with E-state index in [9.17, 15) is 37.4 Å². The summed E-state index contributed by atoms with van der Waals surface area (Å²) in [5.74, 6) is -2.84. The zero-order valence-electron chi connectivity index (χ0n) is 11.5. The minimum absolute atomic E-state index is 0.0343. The van der Waals surface area contributed by atoms with Gasteiger partial charge in [0.15, 0.2) is 0 Å². The first kappa shape index (κ1) is 18.4. The van der Waals surface area contributed by atoms with Gasteiger partial charge in [-0.3, -0.25) is 0 Å². The van der Waals surface area contributed by atoms with Gasteiger partial charge in [0.25, 0.3) is 0 Å². The smallest absolute Gasteiger partial charge is 0.430 e. The standard InChI is InChI=1S/C12H8F8O3S/c1-5-2-7(24(16,17,18,19)20)3-6-4-8(11(21)22)10(12(13,14)15)23-9(5)6/h2-4,10H,1H3,(H,21,22)/t10-/m0/s1. The predicted molar refractivity (Wildman–Crippen MR) is 68.7 cm³/mol. The van der Waals surface area contributed by atoms with Gasteiger partial charge in [-0.1, -0.05) is 19.4 Å². The van der Waals surface area contributed by atoms with Crippen molar-refractivity contribution in [1.82, 2.24) is 0 Å². The van der Waals surface area contributed by atoms with Crippen LogP contribution in [0.1, 0.15) is 11.1 Å². The minimum atomic E-state index is -10.1. The maximum atomic E-state index is 12.9. The summed E-state index contributed by atoms with van der Waals surface area (Å²) in [7, 11) is -10.1. The Morgan fingerprint density at radius 1 is 1.17 bits per heavy atom. The molecule has 1 aliphatic rings. The summed E-state index contributed by atoms with van der Waals surface area (Å²) in [5, 5.41) is 8.79. The van der Waals surface area contributed by atoms with Crippen LogP contribution in [0.15, 0.2) is 22.6 Å². The quantitative estimate of drug-likeness (QED) is 0.691. The Bertz CT molecular complexity index is 763. The van der Waals surface area contributed by atoms with Gasteiger partial charge < -0.3 is 9.84 Å². The summed E-state index contributed by atoms with van der Waals surface area (Å²) in [6, 6.07) is -0.160. The summed E-state index contributed by atoms with van der Waals surface area (Å²) in [6.45, 7) is 0.846. The number of benzene rings is 1. The van der Waals surface area contributed by atoms with Crippen LogP contribution in [-0.2, 0) is 4.79 Å². The molecule has 0 saturated carbocycles. The largest absolute Gasteiger partial charge is 0.478 e. The van der Waals surface area contributed by atoms with Gasteiger partial charge in [-0.05, 0) is 30.7 Å². The number of ether oxygens (including phenoxy) is 1. The van der Waals surface area contributed by atoms with Crippen LogP contribution in [0.5, 0.6) is 5.75 Å². The molecular formula is C12H8F8O3S. The highest BCUT2D eigenvalue weighted by Gasteiger charge is 2.65. The lowest BCUT2D eigenvalue weighted by Crippen LogP contribution is -2.40. The van der Waals surface area contributed by atoms with Crippen LogP contribution in [0, 0.1) is 6.92 Å². The second-order valence-corrected chi connectivity index (χ2v) is 7.48. The third-order valence-corrected chi connectivity index (χ3v) is 4.22. The summed E-state index contributed by atoms with van der Waals surface area (Å²) >= 11 is 0. The van der Waals surface area contributed by atoms with E-state index in [0.717, 1.165) is 6.92 Å². The van der Waals surface area contributed by atoms with Crippen molar-refractivity contribution < 1.29 is 47.2 Å². The van der Waals surface area contributed by atoms with Crippen molar-refractivity contribution in [1.29, 1.82) is 0 Å². The highest BCUT2D eigenvalue weighted by molar-refractivity contribution is 8.45. The van der Waals surface area contributed by atoms with Gasteiger partial charge in [-0.2, -0.15) is 13.2 Å². The number of hydrogen-bond donors (Lipinski definition) is 1. The lowest BCUT2D eigenvalue weighted by Gasteiger charge is -2.41. The monoisotopic (exact) mass is 384 g/mol. The molecule has 0 unspecified atom stereocenters. The van der Waals surface area contributed by atoms with E-state index in [0.29, 0.717) is 0 Å². The Morgan fingerprint density at radius 3 is 2.12 bits per heavy atom. The van der Waals surface area contributed by atoms with Gasteiger partial charge in [0.1, 0.15) is 10.6 Å². The zero-order chi connectivity index (χ0) is 18.8. The molecule has 0 fully saturated rings. The summed E-state index contributed by atoms with van der Waals surface area (Å²) in [4.78, 5) is 8.56. The number of rotatable bonds is 2. The molecule has 136 valence electrons. The van der Waals surface area contributed by atoms with Crippen LogP contribution in [0.3, 0.4) is 0 Å². The number of carboxylic acids is 1. The average molecular weight is 384 g/mol. The molecule has 1 aromatic rings. The number of fused-ring (bicyclic) bond motifs is 1. The maximum Gasteiger partial charge on any atom is 0.430 e. The molecule has 1 aromatic carbocycles. The Balaban J connectivity index is 2.73. The molecule has 1 heterocycles. The molecule has 1 atom stereocenters. The van der Waals surface area contributed by atoms with Crippen molar-refractivity contribution in [2.45, 2.75) is 24.1 Å². The first-order valence-electron chi connectivity index (χ1n) is 5.97. The molecule has 0 aliphatic carbocycles. The van der Waals surface area contributed by atoms with Crippen LogP contribution in [0.25, 0.3) is 6.08 Å². The van der Waals surface area contributed by atoms with E-state index in [2.05, 4.69) is 4.74 Å². The molecule has 1 aliphatic heterocycles. The minimum Gasteiger partial charge on any atom is -0.478 e. The van der Waals surface area contributed by atoms with Crippen LogP contribution in [-0.4, -0.2) is 23.4 Å². The second-order valence-electron chi connectivity index (χ2n) is 5.07. The van der Waals surface area contributed by atoms with E-state index >= 15 is 0 Å². The first-order valence-corrected chi connectivity index (χ1v) is 7.92. The average Bonchev–Trinajstić information content (AvgIpc) is 2.33. The molecule has 3 nitrogen and oxygen atoms in total. The van der Waals surface area contributed by atoms with Crippen molar-refractivity contribution in [3.8, 4) is 5.75 Å². The number of carbonyl (C=O) groups is 1. The fourth-order valence-electron chi connectivity index (χ4n) is 2.10. The fourth-order valence-corrected chi connectivity index (χ4v) is 2.85. The summed E-state index contributed by atoms with van der Waals surface area (Å²) < 4.78 is 107. The molecule has 1 N–H and O–H groups in total. The molecule has 0 saturated heterocycles. The number of aryl methyl sites for hydroxylation is 1. The van der Waals surface area contributed by atoms with Crippen molar-refractivity contribution in [3.05, 3.63) is 28.8 Å². The molecular weight excluding hydrogens is 376 g/mol. The molecule has 24 heavy (non-hydrogen) atoms.